The average molecular weight is 313 g/mol. The second-order valence-corrected chi connectivity index (χ2v) is 7.19. The molecule has 3 rings (SSSR count). The molecule has 0 aromatic heterocycles. The lowest BCUT2D eigenvalue weighted by Gasteiger charge is -2.41. The summed E-state index contributed by atoms with van der Waals surface area (Å²) in [6.45, 7) is 4.10. The molecular formula is C20H24FNO. The van der Waals surface area contributed by atoms with Crippen molar-refractivity contribution in [2.75, 3.05) is 7.05 Å². The number of hydrogen-bond acceptors (Lipinski definition) is 2. The Labute approximate surface area is 137 Å². The molecule has 1 aromatic carbocycles. The van der Waals surface area contributed by atoms with Crippen LogP contribution in [0.15, 0.2) is 52.1 Å². The van der Waals surface area contributed by atoms with Crippen molar-refractivity contribution in [1.82, 2.24) is 0 Å². The maximum absolute atomic E-state index is 13.1. The van der Waals surface area contributed by atoms with E-state index in [1.54, 1.807) is 7.05 Å². The molecule has 0 amide bonds. The summed E-state index contributed by atoms with van der Waals surface area (Å²) < 4.78 is 13.1. The molecule has 1 fully saturated rings. The molecule has 2 aliphatic rings. The van der Waals surface area contributed by atoms with E-state index in [9.17, 15) is 9.50 Å². The molecule has 1 aromatic rings. The van der Waals surface area contributed by atoms with Gasteiger partial charge in [-0.1, -0.05) is 30.7 Å². The maximum atomic E-state index is 13.1. The fraction of sp³-hybridized carbons (Fsp3) is 0.450. The van der Waals surface area contributed by atoms with Crippen LogP contribution in [0.2, 0.25) is 0 Å². The summed E-state index contributed by atoms with van der Waals surface area (Å²) >= 11 is 0. The van der Waals surface area contributed by atoms with E-state index in [2.05, 4.69) is 18.0 Å². The molecule has 0 heterocycles. The number of rotatable bonds is 3. The van der Waals surface area contributed by atoms with Crippen LogP contribution in [0.4, 0.5) is 4.39 Å². The summed E-state index contributed by atoms with van der Waals surface area (Å²) in [4.78, 5) is 4.20. The van der Waals surface area contributed by atoms with Crippen molar-refractivity contribution in [2.24, 2.45) is 10.4 Å². The number of allylic oxidation sites excluding steroid dienone is 3. The van der Waals surface area contributed by atoms with Gasteiger partial charge in [0.05, 0.1) is 5.60 Å². The van der Waals surface area contributed by atoms with E-state index in [1.165, 1.54) is 28.9 Å². The third kappa shape index (κ3) is 2.78. The zero-order chi connectivity index (χ0) is 16.7. The van der Waals surface area contributed by atoms with Crippen molar-refractivity contribution < 1.29 is 9.50 Å². The quantitative estimate of drug-likeness (QED) is 0.832. The Balaban J connectivity index is 1.97. The fourth-order valence-corrected chi connectivity index (χ4v) is 3.88. The Bertz CT molecular complexity index is 697. The largest absolute Gasteiger partial charge is 0.389 e. The number of aliphatic hydroxyl groups is 1. The van der Waals surface area contributed by atoms with Gasteiger partial charge in [-0.3, -0.25) is 4.99 Å². The van der Waals surface area contributed by atoms with E-state index in [-0.39, 0.29) is 11.2 Å². The zero-order valence-corrected chi connectivity index (χ0v) is 14.1. The monoisotopic (exact) mass is 313 g/mol. The first-order valence-electron chi connectivity index (χ1n) is 8.18. The molecule has 1 N–H and O–H groups in total. The summed E-state index contributed by atoms with van der Waals surface area (Å²) in [5, 5.41) is 10.8. The normalized spacial score (nSPS) is 30.7. The molecule has 2 nitrogen and oxygen atoms in total. The second kappa shape index (κ2) is 5.72. The van der Waals surface area contributed by atoms with Gasteiger partial charge in [0.25, 0.3) is 0 Å². The number of aliphatic imine (C=N–C) groups is 1. The highest BCUT2D eigenvalue weighted by Crippen LogP contribution is 2.56. The van der Waals surface area contributed by atoms with Crippen LogP contribution in [0.1, 0.15) is 38.7 Å². The van der Waals surface area contributed by atoms with Gasteiger partial charge in [0.1, 0.15) is 5.82 Å². The van der Waals surface area contributed by atoms with Crippen LogP contribution >= 0.6 is 0 Å². The summed E-state index contributed by atoms with van der Waals surface area (Å²) in [6.07, 6.45) is 7.46. The van der Waals surface area contributed by atoms with E-state index in [0.29, 0.717) is 0 Å². The van der Waals surface area contributed by atoms with Crippen molar-refractivity contribution in [1.29, 1.82) is 0 Å². The Kier molecular flexibility index (Phi) is 4.01. The number of benzene rings is 1. The average Bonchev–Trinajstić information content (AvgIpc) is 2.73. The highest BCUT2D eigenvalue weighted by molar-refractivity contribution is 5.82. The maximum Gasteiger partial charge on any atom is 0.123 e. The lowest BCUT2D eigenvalue weighted by atomic mass is 9.67. The van der Waals surface area contributed by atoms with Crippen molar-refractivity contribution in [3.63, 3.8) is 0 Å². The van der Waals surface area contributed by atoms with Gasteiger partial charge in [0.15, 0.2) is 0 Å². The molecule has 0 saturated heterocycles. The molecule has 2 unspecified atom stereocenters. The van der Waals surface area contributed by atoms with Gasteiger partial charge in [-0.05, 0) is 61.4 Å². The van der Waals surface area contributed by atoms with Crippen LogP contribution in [0, 0.1) is 11.2 Å². The minimum Gasteiger partial charge on any atom is -0.389 e. The van der Waals surface area contributed by atoms with Gasteiger partial charge in [0.2, 0.25) is 0 Å². The minimum absolute atomic E-state index is 0.209. The predicted molar refractivity (Wildman–Crippen MR) is 92.2 cm³/mol. The van der Waals surface area contributed by atoms with Crippen LogP contribution in [0.25, 0.3) is 0 Å². The van der Waals surface area contributed by atoms with Crippen LogP contribution < -0.4 is 0 Å². The van der Waals surface area contributed by atoms with Crippen LogP contribution in [0.5, 0.6) is 0 Å². The first kappa shape index (κ1) is 16.1. The van der Waals surface area contributed by atoms with Crippen molar-refractivity contribution >= 4 is 6.21 Å². The molecule has 2 aliphatic carbocycles. The van der Waals surface area contributed by atoms with Gasteiger partial charge in [-0.25, -0.2) is 4.39 Å². The highest BCUT2D eigenvalue weighted by Gasteiger charge is 2.51. The van der Waals surface area contributed by atoms with Gasteiger partial charge in [0, 0.05) is 18.7 Å². The molecule has 2 atom stereocenters. The van der Waals surface area contributed by atoms with E-state index in [0.717, 1.165) is 31.2 Å². The Morgan fingerprint density at radius 1 is 1.26 bits per heavy atom. The topological polar surface area (TPSA) is 32.6 Å². The first-order chi connectivity index (χ1) is 10.9. The third-order valence-corrected chi connectivity index (χ3v) is 5.68. The van der Waals surface area contributed by atoms with E-state index in [4.69, 9.17) is 0 Å². The van der Waals surface area contributed by atoms with Gasteiger partial charge in [-0.15, -0.1) is 0 Å². The summed E-state index contributed by atoms with van der Waals surface area (Å²) in [5.41, 5.74) is 3.93. The number of halogens is 1. The Hall–Kier alpha value is -1.74. The second-order valence-electron chi connectivity index (χ2n) is 7.19. The van der Waals surface area contributed by atoms with Crippen molar-refractivity contribution in [3.05, 3.63) is 58.4 Å². The Morgan fingerprint density at radius 2 is 1.96 bits per heavy atom. The SMILES string of the molecule is CN=CC1=C(Cc2ccc(F)cc2)C=C2CCC(C)(O)C2(C)C1. The summed E-state index contributed by atoms with van der Waals surface area (Å²) in [5.74, 6) is -0.209. The molecule has 0 spiro atoms. The van der Waals surface area contributed by atoms with Gasteiger partial charge in [-0.2, -0.15) is 0 Å². The molecule has 1 saturated carbocycles. The third-order valence-electron chi connectivity index (χ3n) is 5.68. The van der Waals surface area contributed by atoms with Crippen LogP contribution in [0.3, 0.4) is 0 Å². The number of hydrogen-bond donors (Lipinski definition) is 1. The molecule has 3 heteroatoms. The molecular weight excluding hydrogens is 289 g/mol. The number of fused-ring (bicyclic) bond motifs is 1. The van der Waals surface area contributed by atoms with Gasteiger partial charge < -0.3 is 5.11 Å². The molecule has 0 bridgehead atoms. The molecule has 23 heavy (non-hydrogen) atoms. The lowest BCUT2D eigenvalue weighted by Crippen LogP contribution is -2.41. The smallest absolute Gasteiger partial charge is 0.123 e. The highest BCUT2D eigenvalue weighted by atomic mass is 19.1. The predicted octanol–water partition coefficient (Wildman–Crippen LogP) is 4.25. The Morgan fingerprint density at radius 3 is 2.61 bits per heavy atom. The van der Waals surface area contributed by atoms with E-state index in [1.807, 2.05) is 25.3 Å². The summed E-state index contributed by atoms with van der Waals surface area (Å²) in [7, 11) is 1.77. The number of nitrogens with zero attached hydrogens (tertiary/aromatic N) is 1. The van der Waals surface area contributed by atoms with E-state index >= 15 is 0 Å². The first-order valence-corrected chi connectivity index (χ1v) is 8.18. The minimum atomic E-state index is -0.674. The van der Waals surface area contributed by atoms with E-state index < -0.39 is 5.60 Å². The van der Waals surface area contributed by atoms with Crippen LogP contribution in [-0.2, 0) is 6.42 Å². The van der Waals surface area contributed by atoms with Crippen LogP contribution in [-0.4, -0.2) is 24.0 Å². The molecule has 122 valence electrons. The van der Waals surface area contributed by atoms with Crippen molar-refractivity contribution in [2.45, 2.75) is 45.1 Å². The van der Waals surface area contributed by atoms with Gasteiger partial charge >= 0.3 is 0 Å². The standard InChI is InChI=1S/C20H24FNO/c1-19-12-16(13-22-3)15(10-14-4-6-18(21)7-5-14)11-17(19)8-9-20(19,2)23/h4-7,11,13,23H,8-10,12H2,1-3H3. The zero-order valence-electron chi connectivity index (χ0n) is 14.1. The molecule has 0 aliphatic heterocycles. The fourth-order valence-electron chi connectivity index (χ4n) is 3.88. The lowest BCUT2D eigenvalue weighted by molar-refractivity contribution is -0.0217. The molecule has 0 radical (unpaired) electrons. The summed E-state index contributed by atoms with van der Waals surface area (Å²) in [6, 6.07) is 6.67. The van der Waals surface area contributed by atoms with Crippen molar-refractivity contribution in [3.8, 4) is 0 Å².